The fraction of sp³-hybridized carbons (Fsp3) is 0.308. The number of fused-ring (bicyclic) bond motifs is 2. The number of hydrogen-bond donors (Lipinski definition) is 0. The second-order valence-corrected chi connectivity index (χ2v) is 9.19. The van der Waals surface area contributed by atoms with Crippen molar-refractivity contribution in [1.29, 1.82) is 0 Å². The lowest BCUT2D eigenvalue weighted by molar-refractivity contribution is 1.19. The van der Waals surface area contributed by atoms with Crippen LogP contribution in [0.3, 0.4) is 0 Å². The molecule has 30 heavy (non-hydrogen) atoms. The summed E-state index contributed by atoms with van der Waals surface area (Å²) in [5.41, 5.74) is 17.5. The minimum atomic E-state index is 0.0810. The summed E-state index contributed by atoms with van der Waals surface area (Å²) < 4.78 is 0. The molecular weight excluding hydrogens is 356 g/mol. The minimum Gasteiger partial charge on any atom is -0.0914 e. The SMILES string of the molecule is [B]c1c(C)cc(C)c(B2c3c(cc(C)c([B])c3C)Cc3c([B])c(C)cc(C)c32)c1C. The van der Waals surface area contributed by atoms with E-state index in [1.54, 1.807) is 0 Å². The van der Waals surface area contributed by atoms with Crippen molar-refractivity contribution in [2.75, 3.05) is 0 Å². The predicted octanol–water partition coefficient (Wildman–Crippen LogP) is 0.647. The third-order valence-electron chi connectivity index (χ3n) is 7.23. The molecule has 4 rings (SSSR count). The van der Waals surface area contributed by atoms with Gasteiger partial charge in [-0.05, 0) is 60.5 Å². The Morgan fingerprint density at radius 2 is 1.03 bits per heavy atom. The fourth-order valence-corrected chi connectivity index (χ4v) is 5.62. The first-order chi connectivity index (χ1) is 14.0. The first-order valence-corrected chi connectivity index (χ1v) is 10.7. The summed E-state index contributed by atoms with van der Waals surface area (Å²) in [5, 5.41) is 0. The largest absolute Gasteiger partial charge is 0.243 e. The third kappa shape index (κ3) is 2.95. The lowest BCUT2D eigenvalue weighted by atomic mass is 9.30. The van der Waals surface area contributed by atoms with E-state index < -0.39 is 0 Å². The zero-order valence-corrected chi connectivity index (χ0v) is 19.2. The molecule has 0 atom stereocenters. The van der Waals surface area contributed by atoms with Gasteiger partial charge in [-0.1, -0.05) is 95.5 Å². The molecule has 0 bridgehead atoms. The van der Waals surface area contributed by atoms with Crippen LogP contribution in [0.4, 0.5) is 0 Å². The van der Waals surface area contributed by atoms with Gasteiger partial charge in [0.2, 0.25) is 6.71 Å². The molecule has 0 N–H and O–H groups in total. The summed E-state index contributed by atoms with van der Waals surface area (Å²) >= 11 is 0. The molecule has 4 heteroatoms. The number of benzene rings is 3. The average molecular weight is 382 g/mol. The van der Waals surface area contributed by atoms with E-state index in [2.05, 4.69) is 66.7 Å². The van der Waals surface area contributed by atoms with Crippen molar-refractivity contribution in [2.45, 2.75) is 54.9 Å². The molecule has 3 aromatic carbocycles. The summed E-state index contributed by atoms with van der Waals surface area (Å²) in [7, 11) is 19.7. The van der Waals surface area contributed by atoms with Gasteiger partial charge in [-0.15, -0.1) is 0 Å². The van der Waals surface area contributed by atoms with Crippen molar-refractivity contribution in [2.24, 2.45) is 0 Å². The molecule has 3 aromatic rings. The van der Waals surface area contributed by atoms with E-state index in [0.717, 1.165) is 45.1 Å². The van der Waals surface area contributed by atoms with Gasteiger partial charge >= 0.3 is 0 Å². The van der Waals surface area contributed by atoms with Crippen LogP contribution in [0.15, 0.2) is 18.2 Å². The van der Waals surface area contributed by atoms with E-state index in [4.69, 9.17) is 23.5 Å². The molecule has 1 aliphatic heterocycles. The maximum atomic E-state index is 6.66. The second kappa shape index (κ2) is 7.26. The van der Waals surface area contributed by atoms with Gasteiger partial charge in [0.1, 0.15) is 23.5 Å². The average Bonchev–Trinajstić information content (AvgIpc) is 2.68. The molecule has 0 spiro atoms. The standard InChI is InChI=1S/C26H26B4/c1-12-8-15(4)24(17(6)21(12)27)30-25-16(5)9-13(2)23(29)20(25)11-19-10-14(3)22(28)18(7)26(19)30/h8-10H,11H2,1-7H3. The summed E-state index contributed by atoms with van der Waals surface area (Å²) in [6.45, 7) is 15.1. The smallest absolute Gasteiger partial charge is 0.0914 e. The highest BCUT2D eigenvalue weighted by atomic mass is 14.2. The Morgan fingerprint density at radius 1 is 0.567 bits per heavy atom. The second-order valence-electron chi connectivity index (χ2n) is 9.19. The van der Waals surface area contributed by atoms with Crippen molar-refractivity contribution >= 4 is 63.0 Å². The van der Waals surface area contributed by atoms with Crippen molar-refractivity contribution in [3.8, 4) is 0 Å². The lowest BCUT2D eigenvalue weighted by Crippen LogP contribution is -2.63. The molecule has 142 valence electrons. The maximum absolute atomic E-state index is 6.66. The van der Waals surface area contributed by atoms with Crippen LogP contribution in [0.1, 0.15) is 50.1 Å². The predicted molar refractivity (Wildman–Crippen MR) is 136 cm³/mol. The van der Waals surface area contributed by atoms with Gasteiger partial charge in [0.25, 0.3) is 0 Å². The molecule has 0 saturated carbocycles. The van der Waals surface area contributed by atoms with Crippen molar-refractivity contribution in [1.82, 2.24) is 0 Å². The van der Waals surface area contributed by atoms with Crippen molar-refractivity contribution in [3.05, 3.63) is 68.3 Å². The van der Waals surface area contributed by atoms with Crippen LogP contribution < -0.4 is 32.8 Å². The van der Waals surface area contributed by atoms with Crippen LogP contribution in [0.25, 0.3) is 0 Å². The van der Waals surface area contributed by atoms with Crippen LogP contribution in [0.5, 0.6) is 0 Å². The van der Waals surface area contributed by atoms with E-state index >= 15 is 0 Å². The van der Waals surface area contributed by atoms with E-state index in [9.17, 15) is 0 Å². The van der Waals surface area contributed by atoms with Gasteiger partial charge in [-0.3, -0.25) is 0 Å². The summed E-state index contributed by atoms with van der Waals surface area (Å²) in [6.07, 6.45) is 0.844. The van der Waals surface area contributed by atoms with Crippen LogP contribution in [-0.4, -0.2) is 30.3 Å². The van der Waals surface area contributed by atoms with Gasteiger partial charge in [0.15, 0.2) is 0 Å². The third-order valence-corrected chi connectivity index (χ3v) is 7.23. The van der Waals surface area contributed by atoms with Crippen LogP contribution in [0, 0.1) is 48.5 Å². The van der Waals surface area contributed by atoms with Crippen LogP contribution in [0.2, 0.25) is 0 Å². The van der Waals surface area contributed by atoms with E-state index in [0.29, 0.717) is 0 Å². The van der Waals surface area contributed by atoms with Gasteiger partial charge in [-0.25, -0.2) is 0 Å². The van der Waals surface area contributed by atoms with Gasteiger partial charge < -0.3 is 0 Å². The summed E-state index contributed by atoms with van der Waals surface area (Å²) in [5.74, 6) is 0. The van der Waals surface area contributed by atoms with Crippen molar-refractivity contribution in [3.63, 3.8) is 0 Å². The van der Waals surface area contributed by atoms with Gasteiger partial charge in [0, 0.05) is 0 Å². The molecule has 0 fully saturated rings. The van der Waals surface area contributed by atoms with Crippen LogP contribution in [-0.2, 0) is 6.42 Å². The monoisotopic (exact) mass is 382 g/mol. The van der Waals surface area contributed by atoms with Gasteiger partial charge in [-0.2, -0.15) is 0 Å². The van der Waals surface area contributed by atoms with Gasteiger partial charge in [0.05, 0.1) is 0 Å². The molecule has 1 aliphatic rings. The normalized spacial score (nSPS) is 12.7. The number of aryl methyl sites for hydroxylation is 5. The van der Waals surface area contributed by atoms with E-state index in [1.165, 1.54) is 44.2 Å². The lowest BCUT2D eigenvalue weighted by Gasteiger charge is -2.35. The minimum absolute atomic E-state index is 0.0810. The highest BCUT2D eigenvalue weighted by Gasteiger charge is 2.36. The molecule has 0 nitrogen and oxygen atoms in total. The fourth-order valence-electron chi connectivity index (χ4n) is 5.62. The highest BCUT2D eigenvalue weighted by Crippen LogP contribution is 2.20. The number of rotatable bonds is 1. The zero-order chi connectivity index (χ0) is 22.1. The Balaban J connectivity index is 2.19. The summed E-state index contributed by atoms with van der Waals surface area (Å²) in [4.78, 5) is 0. The topological polar surface area (TPSA) is 0 Å². The van der Waals surface area contributed by atoms with Crippen LogP contribution >= 0.6 is 0 Å². The first kappa shape index (κ1) is 21.2. The Labute approximate surface area is 186 Å². The highest BCUT2D eigenvalue weighted by molar-refractivity contribution is 6.98. The van der Waals surface area contributed by atoms with E-state index in [-0.39, 0.29) is 6.71 Å². The molecule has 0 aliphatic carbocycles. The zero-order valence-electron chi connectivity index (χ0n) is 19.2. The Kier molecular flexibility index (Phi) is 5.12. The van der Waals surface area contributed by atoms with Crippen molar-refractivity contribution < 1.29 is 0 Å². The summed E-state index contributed by atoms with van der Waals surface area (Å²) in [6, 6.07) is 6.69. The maximum Gasteiger partial charge on any atom is 0.243 e. The Hall–Kier alpha value is -2.08. The molecule has 6 radical (unpaired) electrons. The first-order valence-electron chi connectivity index (χ1n) is 10.7. The number of hydrogen-bond acceptors (Lipinski definition) is 0. The molecule has 0 amide bonds. The van der Waals surface area contributed by atoms with E-state index in [1.807, 2.05) is 0 Å². The molecule has 1 heterocycles. The quantitative estimate of drug-likeness (QED) is 0.425. The Morgan fingerprint density at radius 3 is 1.63 bits per heavy atom. The molecule has 0 aromatic heterocycles. The molecule has 0 unspecified atom stereocenters. The Bertz CT molecular complexity index is 1180. The molecular formula is C26H26B4. The molecule has 0 saturated heterocycles.